The first-order valence-electron chi connectivity index (χ1n) is 5.72. The second kappa shape index (κ2) is 4.43. The Hall–Kier alpha value is -0.0800. The second-order valence-electron chi connectivity index (χ2n) is 4.19. The summed E-state index contributed by atoms with van der Waals surface area (Å²) in [5.41, 5.74) is 0.590. The molecule has 0 aromatic heterocycles. The van der Waals surface area contributed by atoms with E-state index in [1.165, 1.54) is 32.5 Å². The molecule has 0 atom stereocenters. The Morgan fingerprint density at radius 2 is 1.85 bits per heavy atom. The van der Waals surface area contributed by atoms with Crippen LogP contribution in [0.1, 0.15) is 40.5 Å². The fourth-order valence-electron chi connectivity index (χ4n) is 2.27. The van der Waals surface area contributed by atoms with Crippen LogP contribution in [0, 0.1) is 0 Å². The molecule has 2 rings (SSSR count). The van der Waals surface area contributed by atoms with E-state index in [2.05, 4.69) is 24.1 Å². The summed E-state index contributed by atoms with van der Waals surface area (Å²) in [7, 11) is 0. The molecule has 0 amide bonds. The molecule has 0 unspecified atom stereocenters. The average Bonchev–Trinajstić information content (AvgIpc) is 2.89. The van der Waals surface area contributed by atoms with Crippen LogP contribution in [-0.4, -0.2) is 36.1 Å². The van der Waals surface area contributed by atoms with Gasteiger partial charge >= 0.3 is 0 Å². The van der Waals surface area contributed by atoms with Gasteiger partial charge in [0.1, 0.15) is 0 Å². The fourth-order valence-corrected chi connectivity index (χ4v) is 2.27. The highest BCUT2D eigenvalue weighted by molar-refractivity contribution is 5.08. The molecule has 2 aliphatic rings. The number of nitrogens with one attached hydrogen (secondary N) is 1. The van der Waals surface area contributed by atoms with Crippen molar-refractivity contribution in [3.8, 4) is 0 Å². The molecule has 1 spiro atoms. The van der Waals surface area contributed by atoms with Crippen LogP contribution in [0.15, 0.2) is 0 Å². The Morgan fingerprint density at radius 3 is 2.23 bits per heavy atom. The minimum Gasteiger partial charge on any atom is -0.314 e. The van der Waals surface area contributed by atoms with Crippen LogP contribution in [0.2, 0.25) is 0 Å². The zero-order valence-electron chi connectivity index (χ0n) is 9.56. The van der Waals surface area contributed by atoms with Crippen molar-refractivity contribution < 1.29 is 0 Å². The summed E-state index contributed by atoms with van der Waals surface area (Å²) < 4.78 is 0. The third-order valence-corrected chi connectivity index (χ3v) is 3.04. The highest BCUT2D eigenvalue weighted by Crippen LogP contribution is 2.43. The Bertz CT molecular complexity index is 150. The third kappa shape index (κ3) is 2.23. The van der Waals surface area contributed by atoms with Gasteiger partial charge in [-0.2, -0.15) is 0 Å². The molecule has 2 fully saturated rings. The first kappa shape index (κ1) is 11.0. The maximum Gasteiger partial charge on any atom is 0.0338 e. The summed E-state index contributed by atoms with van der Waals surface area (Å²) in [4.78, 5) is 2.67. The molecule has 0 aromatic carbocycles. The Balaban J connectivity index is 0.000000396. The van der Waals surface area contributed by atoms with E-state index in [4.69, 9.17) is 0 Å². The summed E-state index contributed by atoms with van der Waals surface area (Å²) in [5.74, 6) is 0. The van der Waals surface area contributed by atoms with Crippen molar-refractivity contribution in [3.05, 3.63) is 0 Å². The zero-order chi connectivity index (χ0) is 9.90. The quantitative estimate of drug-likeness (QED) is 0.669. The van der Waals surface area contributed by atoms with E-state index in [1.807, 2.05) is 13.8 Å². The van der Waals surface area contributed by atoms with E-state index < -0.39 is 0 Å². The number of hydrogen-bond acceptors (Lipinski definition) is 2. The molecule has 0 bridgehead atoms. The Kier molecular flexibility index (Phi) is 3.74. The number of piperazine rings is 1. The van der Waals surface area contributed by atoms with E-state index in [-0.39, 0.29) is 0 Å². The minimum atomic E-state index is 0.590. The predicted octanol–water partition coefficient (Wildman–Crippen LogP) is 1.86. The molecule has 0 aromatic rings. The van der Waals surface area contributed by atoms with Gasteiger partial charge in [0.25, 0.3) is 0 Å². The number of rotatable bonds is 1. The zero-order valence-corrected chi connectivity index (χ0v) is 9.56. The fraction of sp³-hybridized carbons (Fsp3) is 1.00. The monoisotopic (exact) mass is 184 g/mol. The Labute approximate surface area is 82.7 Å². The highest BCUT2D eigenvalue weighted by Gasteiger charge is 2.49. The van der Waals surface area contributed by atoms with E-state index in [9.17, 15) is 0 Å². The van der Waals surface area contributed by atoms with Gasteiger partial charge in [0.05, 0.1) is 0 Å². The maximum absolute atomic E-state index is 3.48. The highest BCUT2D eigenvalue weighted by atomic mass is 15.3. The predicted molar refractivity (Wildman–Crippen MR) is 58.0 cm³/mol. The summed E-state index contributed by atoms with van der Waals surface area (Å²) in [6.07, 6.45) is 2.83. The normalized spacial score (nSPS) is 25.6. The van der Waals surface area contributed by atoms with Crippen molar-refractivity contribution in [1.82, 2.24) is 10.2 Å². The van der Waals surface area contributed by atoms with E-state index >= 15 is 0 Å². The van der Waals surface area contributed by atoms with Crippen molar-refractivity contribution in [3.63, 3.8) is 0 Å². The molecule has 2 heteroatoms. The molecule has 0 radical (unpaired) electrons. The largest absolute Gasteiger partial charge is 0.314 e. The van der Waals surface area contributed by atoms with Crippen molar-refractivity contribution in [2.75, 3.05) is 19.6 Å². The van der Waals surface area contributed by atoms with Gasteiger partial charge < -0.3 is 5.32 Å². The van der Waals surface area contributed by atoms with Gasteiger partial charge in [0.2, 0.25) is 0 Å². The van der Waals surface area contributed by atoms with Crippen LogP contribution in [0.3, 0.4) is 0 Å². The van der Waals surface area contributed by atoms with Crippen molar-refractivity contribution in [1.29, 1.82) is 0 Å². The molecule has 13 heavy (non-hydrogen) atoms. The average molecular weight is 184 g/mol. The lowest BCUT2D eigenvalue weighted by Gasteiger charge is -2.39. The number of hydrogen-bond donors (Lipinski definition) is 1. The minimum absolute atomic E-state index is 0.590. The standard InChI is InChI=1S/C9H18N2.C2H6/c1-8(2)11-6-5-10-7-9(11)3-4-9;1-2/h8,10H,3-7H2,1-2H3;1-2H3. The molecular formula is C11H24N2. The Morgan fingerprint density at radius 1 is 1.23 bits per heavy atom. The maximum atomic E-state index is 3.48. The molecule has 1 N–H and O–H groups in total. The van der Waals surface area contributed by atoms with Crippen molar-refractivity contribution >= 4 is 0 Å². The number of nitrogens with zero attached hydrogens (tertiary/aromatic N) is 1. The first-order valence-corrected chi connectivity index (χ1v) is 5.72. The van der Waals surface area contributed by atoms with Crippen LogP contribution >= 0.6 is 0 Å². The molecule has 1 saturated heterocycles. The summed E-state index contributed by atoms with van der Waals surface area (Å²) in [6.45, 7) is 12.3. The van der Waals surface area contributed by atoms with Crippen LogP contribution in [-0.2, 0) is 0 Å². The SMILES string of the molecule is CC.CC(C)N1CCNCC12CC2. The second-order valence-corrected chi connectivity index (χ2v) is 4.19. The lowest BCUT2D eigenvalue weighted by molar-refractivity contribution is 0.106. The summed E-state index contributed by atoms with van der Waals surface area (Å²) in [6, 6.07) is 0.736. The van der Waals surface area contributed by atoms with Gasteiger partial charge in [-0.25, -0.2) is 0 Å². The first-order chi connectivity index (χ1) is 6.25. The third-order valence-electron chi connectivity index (χ3n) is 3.04. The van der Waals surface area contributed by atoms with Crippen molar-refractivity contribution in [2.45, 2.75) is 52.1 Å². The summed E-state index contributed by atoms with van der Waals surface area (Å²) >= 11 is 0. The van der Waals surface area contributed by atoms with Gasteiger partial charge in [-0.15, -0.1) is 0 Å². The van der Waals surface area contributed by atoms with Gasteiger partial charge in [0, 0.05) is 31.2 Å². The lowest BCUT2D eigenvalue weighted by Crippen LogP contribution is -2.55. The molecule has 1 heterocycles. The molecule has 78 valence electrons. The van der Waals surface area contributed by atoms with Gasteiger partial charge in [0.15, 0.2) is 0 Å². The van der Waals surface area contributed by atoms with Gasteiger partial charge in [-0.3, -0.25) is 4.90 Å². The van der Waals surface area contributed by atoms with Gasteiger partial charge in [-0.1, -0.05) is 13.8 Å². The molecule has 1 aliphatic carbocycles. The van der Waals surface area contributed by atoms with E-state index in [0.717, 1.165) is 6.04 Å². The smallest absolute Gasteiger partial charge is 0.0338 e. The lowest BCUT2D eigenvalue weighted by atomic mass is 10.1. The van der Waals surface area contributed by atoms with E-state index in [1.54, 1.807) is 0 Å². The summed E-state index contributed by atoms with van der Waals surface area (Å²) in [5, 5.41) is 3.48. The molecule has 1 aliphatic heterocycles. The van der Waals surface area contributed by atoms with Crippen LogP contribution in [0.4, 0.5) is 0 Å². The van der Waals surface area contributed by atoms with Crippen LogP contribution < -0.4 is 5.32 Å². The molecule has 1 saturated carbocycles. The molecule has 2 nitrogen and oxygen atoms in total. The van der Waals surface area contributed by atoms with Crippen molar-refractivity contribution in [2.24, 2.45) is 0 Å². The van der Waals surface area contributed by atoms with Crippen LogP contribution in [0.5, 0.6) is 0 Å². The topological polar surface area (TPSA) is 15.3 Å². The molecular weight excluding hydrogens is 160 g/mol. The van der Waals surface area contributed by atoms with Gasteiger partial charge in [-0.05, 0) is 26.7 Å². The van der Waals surface area contributed by atoms with Crippen LogP contribution in [0.25, 0.3) is 0 Å². The van der Waals surface area contributed by atoms with E-state index in [0.29, 0.717) is 5.54 Å².